The number of rotatable bonds is 5. The highest BCUT2D eigenvalue weighted by Gasteiger charge is 2.21. The lowest BCUT2D eigenvalue weighted by Crippen LogP contribution is -2.05. The molecule has 0 amide bonds. The Bertz CT molecular complexity index is 795. The van der Waals surface area contributed by atoms with Crippen molar-refractivity contribution in [3.05, 3.63) is 63.6 Å². The van der Waals surface area contributed by atoms with Gasteiger partial charge in [0, 0.05) is 27.6 Å². The first-order chi connectivity index (χ1) is 11.6. The van der Waals surface area contributed by atoms with Crippen LogP contribution in [0.5, 0.6) is 11.5 Å². The van der Waals surface area contributed by atoms with Crippen molar-refractivity contribution in [3.8, 4) is 11.5 Å². The molecule has 124 valence electrons. The molecular weight excluding hydrogens is 368 g/mol. The van der Waals surface area contributed by atoms with E-state index in [0.717, 1.165) is 33.5 Å². The van der Waals surface area contributed by atoms with Gasteiger partial charge in [-0.1, -0.05) is 28.1 Å². The Morgan fingerprint density at radius 1 is 1.38 bits per heavy atom. The van der Waals surface area contributed by atoms with Gasteiger partial charge in [-0.25, -0.2) is 0 Å². The van der Waals surface area contributed by atoms with Crippen LogP contribution in [0.15, 0.2) is 46.9 Å². The van der Waals surface area contributed by atoms with Gasteiger partial charge >= 0.3 is 0 Å². The summed E-state index contributed by atoms with van der Waals surface area (Å²) in [5, 5.41) is 0. The quantitative estimate of drug-likeness (QED) is 0.531. The van der Waals surface area contributed by atoms with E-state index >= 15 is 0 Å². The van der Waals surface area contributed by atoms with Crippen LogP contribution in [0.25, 0.3) is 6.08 Å². The number of carbonyl (C=O) groups excluding carboxylic acids is 1. The first-order valence-corrected chi connectivity index (χ1v) is 8.81. The zero-order valence-electron chi connectivity index (χ0n) is 13.7. The van der Waals surface area contributed by atoms with E-state index in [1.54, 1.807) is 18.2 Å². The predicted molar refractivity (Wildman–Crippen MR) is 98.9 cm³/mol. The minimum absolute atomic E-state index is 0.0558. The Hall–Kier alpha value is -2.07. The molecule has 1 heterocycles. The van der Waals surface area contributed by atoms with Crippen LogP contribution in [0.2, 0.25) is 0 Å². The largest absolute Gasteiger partial charge is 0.493 e. The minimum atomic E-state index is -0.0558. The molecule has 1 atom stereocenters. The van der Waals surface area contributed by atoms with Crippen molar-refractivity contribution < 1.29 is 14.3 Å². The maximum absolute atomic E-state index is 12.4. The summed E-state index contributed by atoms with van der Waals surface area (Å²) in [6, 6.07) is 11.4. The number of hydrogen-bond acceptors (Lipinski definition) is 3. The smallest absolute Gasteiger partial charge is 0.186 e. The van der Waals surface area contributed by atoms with Crippen molar-refractivity contribution in [1.82, 2.24) is 0 Å². The summed E-state index contributed by atoms with van der Waals surface area (Å²) in [4.78, 5) is 12.4. The molecule has 1 aliphatic rings. The summed E-state index contributed by atoms with van der Waals surface area (Å²) in [5.41, 5.74) is 2.64. The second-order valence-corrected chi connectivity index (χ2v) is 6.60. The molecular formula is C20H19BrO3. The van der Waals surface area contributed by atoms with Gasteiger partial charge in [-0.05, 0) is 50.3 Å². The number of benzene rings is 2. The highest BCUT2D eigenvalue weighted by Crippen LogP contribution is 2.35. The molecule has 0 unspecified atom stereocenters. The Labute approximate surface area is 150 Å². The molecule has 3 rings (SSSR count). The van der Waals surface area contributed by atoms with Gasteiger partial charge in [0.2, 0.25) is 0 Å². The third-order valence-electron chi connectivity index (χ3n) is 3.88. The van der Waals surface area contributed by atoms with Crippen LogP contribution in [0.4, 0.5) is 0 Å². The lowest BCUT2D eigenvalue weighted by atomic mass is 10.0. The van der Waals surface area contributed by atoms with Crippen LogP contribution < -0.4 is 9.47 Å². The molecule has 0 radical (unpaired) electrons. The molecule has 3 nitrogen and oxygen atoms in total. The van der Waals surface area contributed by atoms with E-state index in [4.69, 9.17) is 9.47 Å². The molecule has 2 aromatic rings. The Morgan fingerprint density at radius 3 is 2.92 bits per heavy atom. The lowest BCUT2D eigenvalue weighted by Gasteiger charge is -2.10. The second kappa shape index (κ2) is 7.22. The monoisotopic (exact) mass is 386 g/mol. The summed E-state index contributed by atoms with van der Waals surface area (Å²) >= 11 is 3.41. The second-order valence-electron chi connectivity index (χ2n) is 5.74. The summed E-state index contributed by atoms with van der Waals surface area (Å²) in [6.07, 6.45) is 4.42. The average Bonchev–Trinajstić information content (AvgIpc) is 2.92. The Kier molecular flexibility index (Phi) is 5.05. The van der Waals surface area contributed by atoms with E-state index in [0.29, 0.717) is 12.2 Å². The van der Waals surface area contributed by atoms with Crippen LogP contribution in [0, 0.1) is 0 Å². The van der Waals surface area contributed by atoms with Gasteiger partial charge in [0.1, 0.15) is 17.6 Å². The molecule has 0 spiro atoms. The normalized spacial score (nSPS) is 16.0. The highest BCUT2D eigenvalue weighted by atomic mass is 79.9. The Balaban J connectivity index is 1.90. The molecule has 0 aliphatic carbocycles. The lowest BCUT2D eigenvalue weighted by molar-refractivity contribution is 0.104. The maximum Gasteiger partial charge on any atom is 0.186 e. The summed E-state index contributed by atoms with van der Waals surface area (Å²) < 4.78 is 12.3. The van der Waals surface area contributed by atoms with E-state index in [1.807, 2.05) is 44.2 Å². The van der Waals surface area contributed by atoms with Crippen LogP contribution in [-0.4, -0.2) is 18.5 Å². The molecule has 24 heavy (non-hydrogen) atoms. The van der Waals surface area contributed by atoms with Gasteiger partial charge in [-0.2, -0.15) is 0 Å². The van der Waals surface area contributed by atoms with Gasteiger partial charge in [-0.15, -0.1) is 0 Å². The van der Waals surface area contributed by atoms with Gasteiger partial charge in [0.15, 0.2) is 5.78 Å². The van der Waals surface area contributed by atoms with Crippen molar-refractivity contribution in [3.63, 3.8) is 0 Å². The molecule has 1 aliphatic heterocycles. The van der Waals surface area contributed by atoms with E-state index in [9.17, 15) is 4.79 Å². The highest BCUT2D eigenvalue weighted by molar-refractivity contribution is 9.10. The molecule has 0 saturated carbocycles. The third-order valence-corrected chi connectivity index (χ3v) is 4.57. The number of ether oxygens (including phenoxy) is 2. The van der Waals surface area contributed by atoms with E-state index in [-0.39, 0.29) is 11.9 Å². The van der Waals surface area contributed by atoms with Crippen molar-refractivity contribution >= 4 is 27.8 Å². The molecule has 2 aromatic carbocycles. The summed E-state index contributed by atoms with van der Waals surface area (Å²) in [5.74, 6) is 1.60. The van der Waals surface area contributed by atoms with Crippen molar-refractivity contribution in [2.75, 3.05) is 6.61 Å². The number of halogens is 1. The molecule has 0 N–H and O–H groups in total. The third kappa shape index (κ3) is 3.54. The first-order valence-electron chi connectivity index (χ1n) is 8.01. The standard InChI is InChI=1S/C20H19BrO3/c1-3-23-19-12-15-10-13(2)24-20(15)11-14(19)8-9-18(22)16-6-4-5-7-17(16)21/h4-9,11-13H,3,10H2,1-2H3/b9-8+/t13-/m1/s1. The van der Waals surface area contributed by atoms with Gasteiger partial charge in [0.25, 0.3) is 0 Å². The molecule has 4 heteroatoms. The summed E-state index contributed by atoms with van der Waals surface area (Å²) in [7, 11) is 0. The summed E-state index contributed by atoms with van der Waals surface area (Å²) in [6.45, 7) is 4.58. The number of ketones is 1. The van der Waals surface area contributed by atoms with Gasteiger partial charge in [0.05, 0.1) is 6.61 Å². The van der Waals surface area contributed by atoms with Crippen molar-refractivity contribution in [2.24, 2.45) is 0 Å². The van der Waals surface area contributed by atoms with E-state index in [2.05, 4.69) is 15.9 Å². The van der Waals surface area contributed by atoms with Crippen LogP contribution in [0.1, 0.15) is 35.3 Å². The zero-order chi connectivity index (χ0) is 17.1. The van der Waals surface area contributed by atoms with Crippen molar-refractivity contribution in [2.45, 2.75) is 26.4 Å². The first kappa shape index (κ1) is 16.8. The SMILES string of the molecule is CCOc1cc2c(cc1/C=C/C(=O)c1ccccc1Br)O[C@H](C)C2. The fraction of sp³-hybridized carbons (Fsp3) is 0.250. The van der Waals surface area contributed by atoms with Crippen LogP contribution in [-0.2, 0) is 6.42 Å². The number of carbonyl (C=O) groups is 1. The van der Waals surface area contributed by atoms with Crippen molar-refractivity contribution in [1.29, 1.82) is 0 Å². The van der Waals surface area contributed by atoms with Gasteiger partial charge < -0.3 is 9.47 Å². The predicted octanol–water partition coefficient (Wildman–Crippen LogP) is 5.07. The molecule has 0 saturated heterocycles. The maximum atomic E-state index is 12.4. The number of allylic oxidation sites excluding steroid dienone is 1. The number of fused-ring (bicyclic) bond motifs is 1. The Morgan fingerprint density at radius 2 is 2.17 bits per heavy atom. The number of hydrogen-bond donors (Lipinski definition) is 0. The van der Waals surface area contributed by atoms with Crippen LogP contribution >= 0.6 is 15.9 Å². The molecule has 0 bridgehead atoms. The fourth-order valence-corrected chi connectivity index (χ4v) is 3.26. The van der Waals surface area contributed by atoms with Gasteiger partial charge in [-0.3, -0.25) is 4.79 Å². The zero-order valence-corrected chi connectivity index (χ0v) is 15.3. The van der Waals surface area contributed by atoms with E-state index < -0.39 is 0 Å². The van der Waals surface area contributed by atoms with E-state index in [1.165, 1.54) is 0 Å². The molecule has 0 fully saturated rings. The average molecular weight is 387 g/mol. The molecule has 0 aromatic heterocycles. The van der Waals surface area contributed by atoms with Crippen LogP contribution in [0.3, 0.4) is 0 Å². The minimum Gasteiger partial charge on any atom is -0.493 e. The topological polar surface area (TPSA) is 35.5 Å². The fourth-order valence-electron chi connectivity index (χ4n) is 2.78.